The van der Waals surface area contributed by atoms with Gasteiger partial charge in [-0.25, -0.2) is 0 Å². The number of anilines is 1. The van der Waals surface area contributed by atoms with Gasteiger partial charge in [-0.1, -0.05) is 31.6 Å². The topological polar surface area (TPSA) is 41.6 Å². The first-order chi connectivity index (χ1) is 10.7. The van der Waals surface area contributed by atoms with Gasteiger partial charge in [0.1, 0.15) is 5.75 Å². The number of carbonyl (C=O) groups is 1. The molecule has 1 aromatic carbocycles. The summed E-state index contributed by atoms with van der Waals surface area (Å²) in [6, 6.07) is 7.67. The molecule has 0 heterocycles. The van der Waals surface area contributed by atoms with Crippen molar-refractivity contribution in [3.8, 4) is 5.75 Å². The summed E-state index contributed by atoms with van der Waals surface area (Å²) in [4.78, 5) is 13.8. The third-order valence-electron chi connectivity index (χ3n) is 3.10. The van der Waals surface area contributed by atoms with Crippen LogP contribution in [0.2, 0.25) is 0 Å². The van der Waals surface area contributed by atoms with Crippen LogP contribution in [0.3, 0.4) is 0 Å². The van der Waals surface area contributed by atoms with E-state index in [1.807, 2.05) is 24.3 Å². The fourth-order valence-electron chi connectivity index (χ4n) is 1.91. The standard InChI is InChI=1S/C18H26N2O2/c1-4-7-13-22-17-10-8-9-16(14-17)19-15-18(21)20(11-5-2)12-6-3/h5-6,8-10,14,19H,2-4,7,11-13,15H2,1H3. The lowest BCUT2D eigenvalue weighted by Gasteiger charge is -2.19. The predicted octanol–water partition coefficient (Wildman–Crippen LogP) is 3.48. The smallest absolute Gasteiger partial charge is 0.242 e. The second-order valence-corrected chi connectivity index (χ2v) is 4.96. The van der Waals surface area contributed by atoms with Crippen LogP contribution in [0.4, 0.5) is 5.69 Å². The van der Waals surface area contributed by atoms with Gasteiger partial charge in [0.25, 0.3) is 0 Å². The molecule has 1 amide bonds. The molecule has 4 nitrogen and oxygen atoms in total. The SMILES string of the molecule is C=CCN(CC=C)C(=O)CNc1cccc(OCCCC)c1. The van der Waals surface area contributed by atoms with Gasteiger partial charge >= 0.3 is 0 Å². The van der Waals surface area contributed by atoms with E-state index < -0.39 is 0 Å². The van der Waals surface area contributed by atoms with Crippen LogP contribution in [-0.2, 0) is 4.79 Å². The lowest BCUT2D eigenvalue weighted by atomic mass is 10.3. The molecule has 0 saturated heterocycles. The molecule has 22 heavy (non-hydrogen) atoms. The van der Waals surface area contributed by atoms with Crippen molar-refractivity contribution in [1.29, 1.82) is 0 Å². The summed E-state index contributed by atoms with van der Waals surface area (Å²) in [5.74, 6) is 0.831. The Kier molecular flexibility index (Phi) is 8.50. The van der Waals surface area contributed by atoms with Crippen molar-refractivity contribution in [2.24, 2.45) is 0 Å². The lowest BCUT2D eigenvalue weighted by molar-refractivity contribution is -0.128. The Bertz CT molecular complexity index is 476. The number of rotatable bonds is 11. The lowest BCUT2D eigenvalue weighted by Crippen LogP contribution is -2.35. The van der Waals surface area contributed by atoms with Crippen LogP contribution in [-0.4, -0.2) is 37.0 Å². The molecule has 0 unspecified atom stereocenters. The molecule has 1 N–H and O–H groups in total. The summed E-state index contributed by atoms with van der Waals surface area (Å²) >= 11 is 0. The Morgan fingerprint density at radius 1 is 1.32 bits per heavy atom. The molecule has 0 aliphatic heterocycles. The van der Waals surface area contributed by atoms with Crippen molar-refractivity contribution in [2.75, 3.05) is 31.6 Å². The first-order valence-corrected chi connectivity index (χ1v) is 7.67. The predicted molar refractivity (Wildman–Crippen MR) is 92.3 cm³/mol. The van der Waals surface area contributed by atoms with Gasteiger partial charge in [0.2, 0.25) is 5.91 Å². The fraction of sp³-hybridized carbons (Fsp3) is 0.389. The highest BCUT2D eigenvalue weighted by Crippen LogP contribution is 2.17. The number of carbonyl (C=O) groups excluding carboxylic acids is 1. The minimum atomic E-state index is 0.0112. The minimum absolute atomic E-state index is 0.0112. The van der Waals surface area contributed by atoms with E-state index in [2.05, 4.69) is 25.4 Å². The summed E-state index contributed by atoms with van der Waals surface area (Å²) in [5, 5.41) is 3.13. The van der Waals surface area contributed by atoms with Crippen LogP contribution >= 0.6 is 0 Å². The van der Waals surface area contributed by atoms with Gasteiger partial charge < -0.3 is 15.0 Å². The highest BCUT2D eigenvalue weighted by molar-refractivity contribution is 5.81. The number of amides is 1. The first-order valence-electron chi connectivity index (χ1n) is 7.67. The summed E-state index contributed by atoms with van der Waals surface area (Å²) in [7, 11) is 0. The molecule has 0 aliphatic rings. The second kappa shape index (κ2) is 10.5. The quantitative estimate of drug-likeness (QED) is 0.502. The Labute approximate surface area is 133 Å². The molecule has 0 fully saturated rings. The van der Waals surface area contributed by atoms with E-state index in [1.54, 1.807) is 17.1 Å². The Hall–Kier alpha value is -2.23. The van der Waals surface area contributed by atoms with E-state index in [9.17, 15) is 4.79 Å². The van der Waals surface area contributed by atoms with E-state index in [4.69, 9.17) is 4.74 Å². The third-order valence-corrected chi connectivity index (χ3v) is 3.10. The van der Waals surface area contributed by atoms with Gasteiger partial charge in [-0.3, -0.25) is 4.79 Å². The molecular formula is C18H26N2O2. The number of benzene rings is 1. The van der Waals surface area contributed by atoms with Crippen LogP contribution in [0.25, 0.3) is 0 Å². The molecule has 0 aromatic heterocycles. The van der Waals surface area contributed by atoms with Crippen molar-refractivity contribution in [3.05, 3.63) is 49.6 Å². The van der Waals surface area contributed by atoms with Gasteiger partial charge in [0.05, 0.1) is 13.2 Å². The number of nitrogens with zero attached hydrogens (tertiary/aromatic N) is 1. The van der Waals surface area contributed by atoms with Crippen molar-refractivity contribution < 1.29 is 9.53 Å². The monoisotopic (exact) mass is 302 g/mol. The molecule has 0 radical (unpaired) electrons. The largest absolute Gasteiger partial charge is 0.494 e. The number of unbranched alkanes of at least 4 members (excludes halogenated alkanes) is 1. The van der Waals surface area contributed by atoms with Gasteiger partial charge in [-0.05, 0) is 18.6 Å². The van der Waals surface area contributed by atoms with Crippen molar-refractivity contribution in [3.63, 3.8) is 0 Å². The van der Waals surface area contributed by atoms with Crippen LogP contribution in [0.1, 0.15) is 19.8 Å². The molecule has 4 heteroatoms. The van der Waals surface area contributed by atoms with Crippen LogP contribution in [0.5, 0.6) is 5.75 Å². The van der Waals surface area contributed by atoms with E-state index >= 15 is 0 Å². The zero-order chi connectivity index (χ0) is 16.2. The van der Waals surface area contributed by atoms with Crippen molar-refractivity contribution >= 4 is 11.6 Å². The molecule has 0 spiro atoms. The number of nitrogens with one attached hydrogen (secondary N) is 1. The highest BCUT2D eigenvalue weighted by atomic mass is 16.5. The Morgan fingerprint density at radius 2 is 2.05 bits per heavy atom. The van der Waals surface area contributed by atoms with E-state index in [0.29, 0.717) is 19.7 Å². The maximum Gasteiger partial charge on any atom is 0.242 e. The molecule has 1 rings (SSSR count). The average Bonchev–Trinajstić information content (AvgIpc) is 2.53. The number of hydrogen-bond acceptors (Lipinski definition) is 3. The Morgan fingerprint density at radius 3 is 2.68 bits per heavy atom. The summed E-state index contributed by atoms with van der Waals surface area (Å²) in [5.41, 5.74) is 0.875. The van der Waals surface area contributed by atoms with Crippen LogP contribution < -0.4 is 10.1 Å². The molecule has 0 saturated carbocycles. The second-order valence-electron chi connectivity index (χ2n) is 4.96. The normalized spacial score (nSPS) is 9.86. The first kappa shape index (κ1) is 17.8. The molecule has 0 atom stereocenters. The van der Waals surface area contributed by atoms with Crippen LogP contribution in [0.15, 0.2) is 49.6 Å². The fourth-order valence-corrected chi connectivity index (χ4v) is 1.91. The molecule has 120 valence electrons. The van der Waals surface area contributed by atoms with E-state index in [-0.39, 0.29) is 12.5 Å². The molecule has 1 aromatic rings. The van der Waals surface area contributed by atoms with Gasteiger partial charge in [-0.15, -0.1) is 13.2 Å². The van der Waals surface area contributed by atoms with Gasteiger partial charge in [0.15, 0.2) is 0 Å². The van der Waals surface area contributed by atoms with Crippen molar-refractivity contribution in [1.82, 2.24) is 4.90 Å². The highest BCUT2D eigenvalue weighted by Gasteiger charge is 2.10. The molecule has 0 aliphatic carbocycles. The number of hydrogen-bond donors (Lipinski definition) is 1. The summed E-state index contributed by atoms with van der Waals surface area (Å²) in [6.07, 6.45) is 5.57. The van der Waals surface area contributed by atoms with E-state index in [1.165, 1.54) is 0 Å². The number of ether oxygens (including phenoxy) is 1. The Balaban J connectivity index is 2.52. The summed E-state index contributed by atoms with van der Waals surface area (Å²) in [6.45, 7) is 11.5. The zero-order valence-electron chi connectivity index (χ0n) is 13.4. The van der Waals surface area contributed by atoms with Gasteiger partial charge in [0, 0.05) is 24.8 Å². The van der Waals surface area contributed by atoms with Crippen molar-refractivity contribution in [2.45, 2.75) is 19.8 Å². The average molecular weight is 302 g/mol. The molecular weight excluding hydrogens is 276 g/mol. The van der Waals surface area contributed by atoms with E-state index in [0.717, 1.165) is 24.3 Å². The third kappa shape index (κ3) is 6.48. The molecule has 0 bridgehead atoms. The maximum absolute atomic E-state index is 12.1. The zero-order valence-corrected chi connectivity index (χ0v) is 13.4. The maximum atomic E-state index is 12.1. The minimum Gasteiger partial charge on any atom is -0.494 e. The van der Waals surface area contributed by atoms with Gasteiger partial charge in [-0.2, -0.15) is 0 Å². The van der Waals surface area contributed by atoms with Crippen LogP contribution in [0, 0.1) is 0 Å². The summed E-state index contributed by atoms with van der Waals surface area (Å²) < 4.78 is 5.66.